The fraction of sp³-hybridized carbons (Fsp3) is 0.600. The third-order valence-electron chi connectivity index (χ3n) is 5.28. The van der Waals surface area contributed by atoms with Crippen molar-refractivity contribution in [3.63, 3.8) is 0 Å². The van der Waals surface area contributed by atoms with Crippen LogP contribution in [0.15, 0.2) is 24.3 Å². The number of carboxylic acid groups (broad SMARTS) is 1. The topological polar surface area (TPSA) is 81.7 Å². The SMILES string of the molecule is CC(CC(=O)Nc1cccc(Cl)c1)NC1CC(N(CC(=O)O)CC2CC2)C1. The standard InChI is InChI=1S/C20H28ClN3O3/c1-13(7-19(25)23-16-4-2-3-15(21)8-16)22-17-9-18(10-17)24(12-20(26)27)11-14-5-6-14/h2-4,8,13-14,17-18,22H,5-7,9-12H2,1H3,(H,23,25)(H,26,27). The molecule has 2 fully saturated rings. The van der Waals surface area contributed by atoms with E-state index in [1.165, 1.54) is 12.8 Å². The van der Waals surface area contributed by atoms with E-state index in [2.05, 4.69) is 15.5 Å². The van der Waals surface area contributed by atoms with Crippen molar-refractivity contribution in [3.8, 4) is 0 Å². The summed E-state index contributed by atoms with van der Waals surface area (Å²) in [6.07, 6.45) is 4.72. The van der Waals surface area contributed by atoms with Crippen LogP contribution in [-0.4, -0.2) is 53.1 Å². The highest BCUT2D eigenvalue weighted by Crippen LogP contribution is 2.34. The second-order valence-corrected chi connectivity index (χ2v) is 8.36. The number of amides is 1. The van der Waals surface area contributed by atoms with Crippen LogP contribution in [0.4, 0.5) is 5.69 Å². The van der Waals surface area contributed by atoms with Gasteiger partial charge in [-0.05, 0) is 56.7 Å². The molecule has 3 rings (SSSR count). The molecule has 3 N–H and O–H groups in total. The van der Waals surface area contributed by atoms with Crippen molar-refractivity contribution in [1.29, 1.82) is 0 Å². The Labute approximate surface area is 165 Å². The van der Waals surface area contributed by atoms with Crippen LogP contribution in [0.1, 0.15) is 39.0 Å². The molecule has 1 aromatic rings. The lowest BCUT2D eigenvalue weighted by molar-refractivity contribution is -0.139. The van der Waals surface area contributed by atoms with Gasteiger partial charge in [0.2, 0.25) is 5.91 Å². The molecule has 1 atom stereocenters. The number of nitrogens with one attached hydrogen (secondary N) is 2. The van der Waals surface area contributed by atoms with E-state index < -0.39 is 5.97 Å². The molecule has 0 saturated heterocycles. The predicted molar refractivity (Wildman–Crippen MR) is 106 cm³/mol. The van der Waals surface area contributed by atoms with Gasteiger partial charge in [0.15, 0.2) is 0 Å². The normalized spacial score (nSPS) is 22.9. The zero-order chi connectivity index (χ0) is 19.4. The lowest BCUT2D eigenvalue weighted by atomic mass is 9.84. The third kappa shape index (κ3) is 6.48. The summed E-state index contributed by atoms with van der Waals surface area (Å²) in [7, 11) is 0. The Balaban J connectivity index is 1.38. The van der Waals surface area contributed by atoms with E-state index >= 15 is 0 Å². The first-order valence-electron chi connectivity index (χ1n) is 9.66. The van der Waals surface area contributed by atoms with Crippen molar-refractivity contribution in [3.05, 3.63) is 29.3 Å². The Morgan fingerprint density at radius 2 is 2.07 bits per heavy atom. The van der Waals surface area contributed by atoms with Gasteiger partial charge in [-0.1, -0.05) is 17.7 Å². The van der Waals surface area contributed by atoms with Crippen molar-refractivity contribution in [1.82, 2.24) is 10.2 Å². The average molecular weight is 394 g/mol. The maximum absolute atomic E-state index is 12.2. The van der Waals surface area contributed by atoms with Crippen LogP contribution in [0.25, 0.3) is 0 Å². The minimum atomic E-state index is -0.752. The average Bonchev–Trinajstić information content (AvgIpc) is 3.33. The highest BCUT2D eigenvalue weighted by atomic mass is 35.5. The van der Waals surface area contributed by atoms with Gasteiger partial charge < -0.3 is 15.7 Å². The Kier molecular flexibility index (Phi) is 6.73. The minimum absolute atomic E-state index is 0.0469. The molecule has 0 heterocycles. The lowest BCUT2D eigenvalue weighted by Gasteiger charge is -2.44. The maximum atomic E-state index is 12.2. The van der Waals surface area contributed by atoms with Crippen molar-refractivity contribution in [2.75, 3.05) is 18.4 Å². The number of carboxylic acids is 1. The molecule has 27 heavy (non-hydrogen) atoms. The largest absolute Gasteiger partial charge is 0.480 e. The molecule has 2 aliphatic rings. The van der Waals surface area contributed by atoms with E-state index in [0.717, 1.165) is 19.4 Å². The van der Waals surface area contributed by atoms with Crippen LogP contribution in [0, 0.1) is 5.92 Å². The molecule has 7 heteroatoms. The van der Waals surface area contributed by atoms with Crippen molar-refractivity contribution < 1.29 is 14.7 Å². The van der Waals surface area contributed by atoms with Gasteiger partial charge in [-0.15, -0.1) is 0 Å². The third-order valence-corrected chi connectivity index (χ3v) is 5.51. The van der Waals surface area contributed by atoms with Crippen LogP contribution in [0.5, 0.6) is 0 Å². The second kappa shape index (κ2) is 9.04. The van der Waals surface area contributed by atoms with Crippen LogP contribution < -0.4 is 10.6 Å². The first-order chi connectivity index (χ1) is 12.9. The summed E-state index contributed by atoms with van der Waals surface area (Å²) in [6.45, 7) is 3.04. The molecule has 148 valence electrons. The van der Waals surface area contributed by atoms with Crippen LogP contribution in [0.2, 0.25) is 5.02 Å². The van der Waals surface area contributed by atoms with E-state index in [9.17, 15) is 9.59 Å². The number of carbonyl (C=O) groups excluding carboxylic acids is 1. The summed E-state index contributed by atoms with van der Waals surface area (Å²) in [4.78, 5) is 25.4. The number of aliphatic carboxylic acids is 1. The molecule has 6 nitrogen and oxygen atoms in total. The fourth-order valence-corrected chi connectivity index (χ4v) is 3.88. The Bertz CT molecular complexity index is 674. The smallest absolute Gasteiger partial charge is 0.317 e. The molecule has 0 radical (unpaired) electrons. The van der Waals surface area contributed by atoms with E-state index in [1.54, 1.807) is 18.2 Å². The van der Waals surface area contributed by atoms with Gasteiger partial charge >= 0.3 is 5.97 Å². The molecule has 0 bridgehead atoms. The highest BCUT2D eigenvalue weighted by Gasteiger charge is 2.37. The highest BCUT2D eigenvalue weighted by molar-refractivity contribution is 6.30. The van der Waals surface area contributed by atoms with Gasteiger partial charge in [-0.25, -0.2) is 0 Å². The van der Waals surface area contributed by atoms with Gasteiger partial charge in [0.25, 0.3) is 0 Å². The van der Waals surface area contributed by atoms with Crippen LogP contribution >= 0.6 is 11.6 Å². The lowest BCUT2D eigenvalue weighted by Crippen LogP contribution is -2.56. The van der Waals surface area contributed by atoms with E-state index in [4.69, 9.17) is 16.7 Å². The van der Waals surface area contributed by atoms with Gasteiger partial charge in [0, 0.05) is 41.8 Å². The summed E-state index contributed by atoms with van der Waals surface area (Å²) >= 11 is 5.93. The Morgan fingerprint density at radius 3 is 2.70 bits per heavy atom. The monoisotopic (exact) mass is 393 g/mol. The molecule has 1 aromatic carbocycles. The molecule has 2 saturated carbocycles. The van der Waals surface area contributed by atoms with Crippen LogP contribution in [-0.2, 0) is 9.59 Å². The van der Waals surface area contributed by atoms with Gasteiger partial charge in [0.05, 0.1) is 6.54 Å². The second-order valence-electron chi connectivity index (χ2n) is 7.92. The van der Waals surface area contributed by atoms with Crippen molar-refractivity contribution in [2.45, 2.75) is 57.2 Å². The van der Waals surface area contributed by atoms with Gasteiger partial charge in [-0.2, -0.15) is 0 Å². The number of hydrogen-bond acceptors (Lipinski definition) is 4. The number of nitrogens with zero attached hydrogens (tertiary/aromatic N) is 1. The molecular formula is C20H28ClN3O3. The van der Waals surface area contributed by atoms with E-state index in [0.29, 0.717) is 35.1 Å². The number of benzene rings is 1. The number of carbonyl (C=O) groups is 2. The maximum Gasteiger partial charge on any atom is 0.317 e. The number of halogens is 1. The predicted octanol–water partition coefficient (Wildman–Crippen LogP) is 2.97. The summed E-state index contributed by atoms with van der Waals surface area (Å²) < 4.78 is 0. The zero-order valence-electron chi connectivity index (χ0n) is 15.7. The molecule has 1 amide bonds. The molecular weight excluding hydrogens is 366 g/mol. The molecule has 0 spiro atoms. The fourth-order valence-electron chi connectivity index (χ4n) is 3.69. The summed E-state index contributed by atoms with van der Waals surface area (Å²) in [6, 6.07) is 7.86. The molecule has 0 aromatic heterocycles. The van der Waals surface area contributed by atoms with E-state index in [-0.39, 0.29) is 18.5 Å². The summed E-state index contributed by atoms with van der Waals surface area (Å²) in [5, 5.41) is 16.1. The first kappa shape index (κ1) is 20.1. The zero-order valence-corrected chi connectivity index (χ0v) is 16.4. The van der Waals surface area contributed by atoms with Gasteiger partial charge in [0.1, 0.15) is 0 Å². The number of hydrogen-bond donors (Lipinski definition) is 3. The quantitative estimate of drug-likeness (QED) is 0.569. The number of anilines is 1. The number of rotatable bonds is 10. The van der Waals surface area contributed by atoms with E-state index in [1.807, 2.05) is 13.0 Å². The van der Waals surface area contributed by atoms with Crippen molar-refractivity contribution in [2.24, 2.45) is 5.92 Å². The Hall–Kier alpha value is -1.63. The van der Waals surface area contributed by atoms with Crippen LogP contribution in [0.3, 0.4) is 0 Å². The molecule has 0 aliphatic heterocycles. The summed E-state index contributed by atoms with van der Waals surface area (Å²) in [5.74, 6) is -0.113. The first-order valence-corrected chi connectivity index (χ1v) is 10.0. The minimum Gasteiger partial charge on any atom is -0.480 e. The molecule has 1 unspecified atom stereocenters. The van der Waals surface area contributed by atoms with Crippen molar-refractivity contribution >= 4 is 29.2 Å². The van der Waals surface area contributed by atoms with Gasteiger partial charge in [-0.3, -0.25) is 14.5 Å². The summed E-state index contributed by atoms with van der Waals surface area (Å²) in [5.41, 5.74) is 0.702. The molecule has 2 aliphatic carbocycles. The Morgan fingerprint density at radius 1 is 1.33 bits per heavy atom.